The van der Waals surface area contributed by atoms with Crippen LogP contribution in [-0.4, -0.2) is 36.4 Å². The van der Waals surface area contributed by atoms with Crippen molar-refractivity contribution in [3.8, 4) is 29.6 Å². The predicted octanol–water partition coefficient (Wildman–Crippen LogP) is 1.05. The molecule has 1 rings (SSSR count). The molecule has 6 nitrogen and oxygen atoms in total. The van der Waals surface area contributed by atoms with Gasteiger partial charge < -0.3 is 14.2 Å². The van der Waals surface area contributed by atoms with Crippen molar-refractivity contribution in [2.24, 2.45) is 0 Å². The molecule has 0 bridgehead atoms. The molecule has 0 N–H and O–H groups in total. The summed E-state index contributed by atoms with van der Waals surface area (Å²) in [6.07, 6.45) is 5.09. The molecule has 0 aliphatic heterocycles. The van der Waals surface area contributed by atoms with E-state index < -0.39 is 10.1 Å². The van der Waals surface area contributed by atoms with Crippen LogP contribution in [0.5, 0.6) is 17.2 Å². The second-order valence-corrected chi connectivity index (χ2v) is 4.92. The maximum absolute atomic E-state index is 11.9. The first kappa shape index (κ1) is 15.1. The summed E-state index contributed by atoms with van der Waals surface area (Å²) in [5.41, 5.74) is 0. The van der Waals surface area contributed by atoms with Crippen LogP contribution in [0.15, 0.2) is 17.0 Å². The lowest BCUT2D eigenvalue weighted by atomic mass is 10.3. The Morgan fingerprint density at radius 2 is 1.79 bits per heavy atom. The number of rotatable bonds is 6. The van der Waals surface area contributed by atoms with E-state index in [4.69, 9.17) is 20.6 Å². The molecule has 1 aromatic carbocycles. The zero-order valence-corrected chi connectivity index (χ0v) is 11.6. The molecular weight excluding hydrogens is 272 g/mol. The summed E-state index contributed by atoms with van der Waals surface area (Å²) in [5.74, 6) is 2.68. The topological polar surface area (TPSA) is 71.1 Å². The lowest BCUT2D eigenvalue weighted by molar-refractivity contribution is 0.329. The van der Waals surface area contributed by atoms with Crippen LogP contribution in [-0.2, 0) is 14.3 Å². The van der Waals surface area contributed by atoms with E-state index >= 15 is 0 Å². The van der Waals surface area contributed by atoms with E-state index in [0.29, 0.717) is 5.75 Å². The molecule has 0 fully saturated rings. The van der Waals surface area contributed by atoms with E-state index in [1.807, 2.05) is 0 Å². The van der Waals surface area contributed by atoms with Crippen LogP contribution in [0.25, 0.3) is 0 Å². The second-order valence-electron chi connectivity index (χ2n) is 3.27. The van der Waals surface area contributed by atoms with E-state index in [1.165, 1.54) is 26.4 Å². The van der Waals surface area contributed by atoms with Crippen molar-refractivity contribution < 1.29 is 26.8 Å². The highest BCUT2D eigenvalue weighted by atomic mass is 32.2. The van der Waals surface area contributed by atoms with Gasteiger partial charge in [-0.25, -0.2) is 0 Å². The van der Waals surface area contributed by atoms with Crippen LogP contribution in [0.4, 0.5) is 0 Å². The standard InChI is InChI=1S/C12H14O6S/c1-5-6-18-11-8-9(15-2)7-10(16-3)12(11)19(13,14)17-4/h1,7-8H,6H2,2-4H3. The highest BCUT2D eigenvalue weighted by Crippen LogP contribution is 2.38. The molecule has 0 aromatic heterocycles. The van der Waals surface area contributed by atoms with Crippen LogP contribution in [0.2, 0.25) is 0 Å². The number of hydrogen-bond acceptors (Lipinski definition) is 6. The maximum Gasteiger partial charge on any atom is 0.304 e. The Morgan fingerprint density at radius 1 is 1.16 bits per heavy atom. The molecule has 0 unspecified atom stereocenters. The third-order valence-corrected chi connectivity index (χ3v) is 3.57. The van der Waals surface area contributed by atoms with Crippen molar-refractivity contribution in [2.75, 3.05) is 27.9 Å². The SMILES string of the molecule is C#CCOc1cc(OC)cc(OC)c1S(=O)(=O)OC. The van der Waals surface area contributed by atoms with Gasteiger partial charge in [0.15, 0.2) is 4.90 Å². The lowest BCUT2D eigenvalue weighted by Crippen LogP contribution is -2.09. The van der Waals surface area contributed by atoms with E-state index in [2.05, 4.69) is 10.1 Å². The van der Waals surface area contributed by atoms with Crippen molar-refractivity contribution in [2.45, 2.75) is 4.90 Å². The third-order valence-electron chi connectivity index (χ3n) is 2.23. The van der Waals surface area contributed by atoms with Gasteiger partial charge in [-0.15, -0.1) is 6.42 Å². The average Bonchev–Trinajstić information content (AvgIpc) is 2.43. The van der Waals surface area contributed by atoms with Crippen molar-refractivity contribution in [1.82, 2.24) is 0 Å². The van der Waals surface area contributed by atoms with Crippen LogP contribution >= 0.6 is 0 Å². The molecule has 0 aliphatic carbocycles. The van der Waals surface area contributed by atoms with Gasteiger partial charge in [0.1, 0.15) is 23.9 Å². The van der Waals surface area contributed by atoms with Crippen LogP contribution in [0.3, 0.4) is 0 Å². The number of methoxy groups -OCH3 is 2. The Balaban J connectivity index is 3.51. The third kappa shape index (κ3) is 3.30. The molecule has 0 heterocycles. The first-order valence-corrected chi connectivity index (χ1v) is 6.54. The van der Waals surface area contributed by atoms with E-state index in [-0.39, 0.29) is 23.0 Å². The fourth-order valence-corrected chi connectivity index (χ4v) is 2.30. The first-order valence-electron chi connectivity index (χ1n) is 5.13. The van der Waals surface area contributed by atoms with Gasteiger partial charge in [0, 0.05) is 12.1 Å². The van der Waals surface area contributed by atoms with Crippen molar-refractivity contribution in [3.63, 3.8) is 0 Å². The summed E-state index contributed by atoms with van der Waals surface area (Å²) in [7, 11) is -0.193. The zero-order valence-electron chi connectivity index (χ0n) is 10.8. The average molecular weight is 286 g/mol. The van der Waals surface area contributed by atoms with Crippen molar-refractivity contribution >= 4 is 10.1 Å². The number of hydrogen-bond donors (Lipinski definition) is 0. The normalized spacial score (nSPS) is 10.6. The van der Waals surface area contributed by atoms with Gasteiger partial charge in [-0.3, -0.25) is 4.18 Å². The Labute approximate surface area is 112 Å². The van der Waals surface area contributed by atoms with Gasteiger partial charge in [-0.1, -0.05) is 5.92 Å². The number of terminal acetylenes is 1. The monoisotopic (exact) mass is 286 g/mol. The highest BCUT2D eigenvalue weighted by Gasteiger charge is 2.26. The van der Waals surface area contributed by atoms with Gasteiger partial charge in [-0.05, 0) is 0 Å². The largest absolute Gasteiger partial charge is 0.496 e. The highest BCUT2D eigenvalue weighted by molar-refractivity contribution is 7.87. The Bertz CT molecular complexity index is 585. The molecule has 104 valence electrons. The summed E-state index contributed by atoms with van der Waals surface area (Å²) in [4.78, 5) is -0.228. The Kier molecular flexibility index (Phi) is 5.03. The first-order chi connectivity index (χ1) is 9.00. The molecular formula is C12H14O6S. The fraction of sp³-hybridized carbons (Fsp3) is 0.333. The molecule has 0 radical (unpaired) electrons. The minimum atomic E-state index is -4.00. The second kappa shape index (κ2) is 6.31. The number of ether oxygens (including phenoxy) is 3. The lowest BCUT2D eigenvalue weighted by Gasteiger charge is -2.14. The molecule has 0 spiro atoms. The molecule has 19 heavy (non-hydrogen) atoms. The molecule has 0 atom stereocenters. The maximum atomic E-state index is 11.9. The Hall–Kier alpha value is -1.91. The molecule has 0 saturated carbocycles. The van der Waals surface area contributed by atoms with Gasteiger partial charge in [-0.2, -0.15) is 8.42 Å². The fourth-order valence-electron chi connectivity index (χ4n) is 1.38. The van der Waals surface area contributed by atoms with Gasteiger partial charge >= 0.3 is 10.1 Å². The van der Waals surface area contributed by atoms with Crippen LogP contribution in [0, 0.1) is 12.3 Å². The quantitative estimate of drug-likeness (QED) is 0.575. The minimum absolute atomic E-state index is 0.0102. The summed E-state index contributed by atoms with van der Waals surface area (Å²) in [6, 6.07) is 2.81. The van der Waals surface area contributed by atoms with Gasteiger partial charge in [0.2, 0.25) is 0 Å². The van der Waals surface area contributed by atoms with E-state index in [1.54, 1.807) is 0 Å². The number of benzene rings is 1. The van der Waals surface area contributed by atoms with E-state index in [9.17, 15) is 8.42 Å². The van der Waals surface area contributed by atoms with Crippen LogP contribution in [0.1, 0.15) is 0 Å². The summed E-state index contributed by atoms with van der Waals surface area (Å²) in [6.45, 7) is -0.0947. The van der Waals surface area contributed by atoms with Crippen molar-refractivity contribution in [3.05, 3.63) is 12.1 Å². The van der Waals surface area contributed by atoms with Gasteiger partial charge in [0.25, 0.3) is 0 Å². The molecule has 7 heteroatoms. The van der Waals surface area contributed by atoms with E-state index in [0.717, 1.165) is 7.11 Å². The van der Waals surface area contributed by atoms with Gasteiger partial charge in [0.05, 0.1) is 21.3 Å². The Morgan fingerprint density at radius 3 is 2.26 bits per heavy atom. The van der Waals surface area contributed by atoms with Crippen molar-refractivity contribution in [1.29, 1.82) is 0 Å². The smallest absolute Gasteiger partial charge is 0.304 e. The molecule has 0 aliphatic rings. The summed E-state index contributed by atoms with van der Waals surface area (Å²) >= 11 is 0. The predicted molar refractivity (Wildman–Crippen MR) is 68.1 cm³/mol. The summed E-state index contributed by atoms with van der Waals surface area (Å²) in [5, 5.41) is 0. The minimum Gasteiger partial charge on any atom is -0.496 e. The molecule has 1 aromatic rings. The van der Waals surface area contributed by atoms with Crippen LogP contribution < -0.4 is 14.2 Å². The zero-order chi connectivity index (χ0) is 14.5. The molecule has 0 saturated heterocycles. The summed E-state index contributed by atoms with van der Waals surface area (Å²) < 4.78 is 43.5. The molecule has 0 amide bonds.